The van der Waals surface area contributed by atoms with Crippen LogP contribution < -0.4 is 5.32 Å². The lowest BCUT2D eigenvalue weighted by Crippen LogP contribution is -2.13. The van der Waals surface area contributed by atoms with Gasteiger partial charge < -0.3 is 9.72 Å². The molecule has 0 fully saturated rings. The lowest BCUT2D eigenvalue weighted by atomic mass is 10.2. The van der Waals surface area contributed by atoms with E-state index in [0.717, 1.165) is 26.2 Å². The minimum atomic E-state index is -0.192. The first-order valence-electron chi connectivity index (χ1n) is 6.57. The molecule has 0 aliphatic heterocycles. The summed E-state index contributed by atoms with van der Waals surface area (Å²) in [5.74, 6) is -0.192. The summed E-state index contributed by atoms with van der Waals surface area (Å²) in [5.41, 5.74) is 4.09. The summed E-state index contributed by atoms with van der Waals surface area (Å²) in [6.45, 7) is 3.96. The molecular formula is C16H14IN3O. The van der Waals surface area contributed by atoms with Crippen LogP contribution in [0.25, 0.3) is 5.65 Å². The molecule has 0 spiro atoms. The number of carbonyl (C=O) groups is 1. The van der Waals surface area contributed by atoms with Gasteiger partial charge in [0, 0.05) is 21.1 Å². The molecule has 21 heavy (non-hydrogen) atoms. The number of nitrogens with one attached hydrogen (secondary N) is 1. The molecule has 0 atom stereocenters. The molecule has 0 bridgehead atoms. The molecule has 2 heterocycles. The number of anilines is 1. The van der Waals surface area contributed by atoms with Crippen molar-refractivity contribution in [3.05, 3.63) is 63.1 Å². The van der Waals surface area contributed by atoms with Crippen molar-refractivity contribution in [3.63, 3.8) is 0 Å². The summed E-state index contributed by atoms with van der Waals surface area (Å²) in [6, 6.07) is 11.7. The Morgan fingerprint density at radius 1 is 1.24 bits per heavy atom. The van der Waals surface area contributed by atoms with Gasteiger partial charge in [0.15, 0.2) is 0 Å². The summed E-state index contributed by atoms with van der Waals surface area (Å²) < 4.78 is 3.06. The van der Waals surface area contributed by atoms with Crippen LogP contribution in [0.5, 0.6) is 0 Å². The molecule has 1 aromatic carbocycles. The molecule has 1 N–H and O–H groups in total. The van der Waals surface area contributed by atoms with E-state index in [9.17, 15) is 4.79 Å². The summed E-state index contributed by atoms with van der Waals surface area (Å²) in [7, 11) is 0. The van der Waals surface area contributed by atoms with E-state index in [-0.39, 0.29) is 5.91 Å². The molecule has 4 nitrogen and oxygen atoms in total. The van der Waals surface area contributed by atoms with E-state index in [4.69, 9.17) is 0 Å². The van der Waals surface area contributed by atoms with Gasteiger partial charge in [-0.1, -0.05) is 6.07 Å². The van der Waals surface area contributed by atoms with Crippen LogP contribution in [-0.4, -0.2) is 15.3 Å². The Kier molecular flexibility index (Phi) is 3.67. The quantitative estimate of drug-likeness (QED) is 0.676. The summed E-state index contributed by atoms with van der Waals surface area (Å²) in [4.78, 5) is 16.7. The first-order chi connectivity index (χ1) is 10.0. The van der Waals surface area contributed by atoms with E-state index >= 15 is 0 Å². The van der Waals surface area contributed by atoms with E-state index in [1.54, 1.807) is 6.20 Å². The van der Waals surface area contributed by atoms with Crippen molar-refractivity contribution in [1.82, 2.24) is 9.38 Å². The van der Waals surface area contributed by atoms with Crippen LogP contribution in [0.1, 0.15) is 21.7 Å². The van der Waals surface area contributed by atoms with E-state index in [0.29, 0.717) is 5.69 Å². The van der Waals surface area contributed by atoms with Crippen molar-refractivity contribution in [3.8, 4) is 0 Å². The lowest BCUT2D eigenvalue weighted by molar-refractivity contribution is 0.102. The zero-order valence-corrected chi connectivity index (χ0v) is 13.9. The fraction of sp³-hybridized carbons (Fsp3) is 0.125. The first kappa shape index (κ1) is 14.1. The van der Waals surface area contributed by atoms with Gasteiger partial charge in [0.2, 0.25) is 0 Å². The molecule has 0 saturated carbocycles. The number of pyridine rings is 1. The van der Waals surface area contributed by atoms with Crippen molar-refractivity contribution < 1.29 is 4.79 Å². The third kappa shape index (κ3) is 2.78. The number of carbonyl (C=O) groups excluding carboxylic acids is 1. The van der Waals surface area contributed by atoms with E-state index in [1.807, 2.05) is 54.6 Å². The molecule has 106 valence electrons. The number of benzene rings is 1. The average molecular weight is 391 g/mol. The molecule has 0 unspecified atom stereocenters. The summed E-state index contributed by atoms with van der Waals surface area (Å²) >= 11 is 2.25. The Bertz CT molecular complexity index is 839. The predicted molar refractivity (Wildman–Crippen MR) is 91.8 cm³/mol. The van der Waals surface area contributed by atoms with Crippen LogP contribution in [0.3, 0.4) is 0 Å². The Morgan fingerprint density at radius 2 is 2.05 bits per heavy atom. The number of imidazole rings is 1. The number of hydrogen-bond donors (Lipinski definition) is 1. The maximum atomic E-state index is 12.3. The van der Waals surface area contributed by atoms with Crippen LogP contribution in [0.2, 0.25) is 0 Å². The standard InChI is InChI=1S/C16H14IN3O/c1-10-8-12(17)6-7-13(10)19-16(21)14-9-20-11(2)4-3-5-15(20)18-14/h3-9H,1-2H3,(H,19,21). The number of fused-ring (bicyclic) bond motifs is 1. The molecule has 1 amide bonds. The van der Waals surface area contributed by atoms with Crippen molar-refractivity contribution in [2.75, 3.05) is 5.32 Å². The van der Waals surface area contributed by atoms with Gasteiger partial charge in [0.05, 0.1) is 0 Å². The molecule has 0 radical (unpaired) electrons. The second-order valence-corrected chi connectivity index (χ2v) is 6.18. The number of aryl methyl sites for hydroxylation is 2. The van der Waals surface area contributed by atoms with Crippen LogP contribution in [0.4, 0.5) is 5.69 Å². The zero-order valence-electron chi connectivity index (χ0n) is 11.7. The lowest BCUT2D eigenvalue weighted by Gasteiger charge is -2.07. The van der Waals surface area contributed by atoms with Gasteiger partial charge in [-0.3, -0.25) is 4.79 Å². The maximum absolute atomic E-state index is 12.3. The summed E-state index contributed by atoms with van der Waals surface area (Å²) in [5, 5.41) is 2.92. The topological polar surface area (TPSA) is 46.4 Å². The molecule has 3 aromatic rings. The van der Waals surface area contributed by atoms with Gasteiger partial charge in [-0.05, 0) is 72.3 Å². The number of aromatic nitrogens is 2. The van der Waals surface area contributed by atoms with Gasteiger partial charge in [-0.25, -0.2) is 4.98 Å². The van der Waals surface area contributed by atoms with Gasteiger partial charge in [-0.2, -0.15) is 0 Å². The second-order valence-electron chi connectivity index (χ2n) is 4.93. The molecule has 0 aliphatic carbocycles. The number of rotatable bonds is 2. The Morgan fingerprint density at radius 3 is 2.76 bits per heavy atom. The molecule has 2 aromatic heterocycles. The Labute approximate surface area is 136 Å². The van der Waals surface area contributed by atoms with Crippen LogP contribution in [-0.2, 0) is 0 Å². The number of hydrogen-bond acceptors (Lipinski definition) is 2. The minimum Gasteiger partial charge on any atom is -0.320 e. The molecular weight excluding hydrogens is 377 g/mol. The fourth-order valence-corrected chi connectivity index (χ4v) is 2.86. The van der Waals surface area contributed by atoms with E-state index < -0.39 is 0 Å². The average Bonchev–Trinajstić information content (AvgIpc) is 2.87. The smallest absolute Gasteiger partial charge is 0.275 e. The highest BCUT2D eigenvalue weighted by Crippen LogP contribution is 2.18. The normalized spacial score (nSPS) is 10.8. The summed E-state index contributed by atoms with van der Waals surface area (Å²) in [6.07, 6.45) is 1.77. The third-order valence-corrected chi connectivity index (χ3v) is 4.04. The van der Waals surface area contributed by atoms with Crippen molar-refractivity contribution in [1.29, 1.82) is 0 Å². The van der Waals surface area contributed by atoms with E-state index in [2.05, 4.69) is 32.9 Å². The predicted octanol–water partition coefficient (Wildman–Crippen LogP) is 3.81. The highest BCUT2D eigenvalue weighted by atomic mass is 127. The Balaban J connectivity index is 1.92. The highest BCUT2D eigenvalue weighted by molar-refractivity contribution is 14.1. The van der Waals surface area contributed by atoms with Crippen molar-refractivity contribution >= 4 is 39.8 Å². The third-order valence-electron chi connectivity index (χ3n) is 3.37. The monoisotopic (exact) mass is 391 g/mol. The Hall–Kier alpha value is -1.89. The van der Waals surface area contributed by atoms with Crippen LogP contribution >= 0.6 is 22.6 Å². The van der Waals surface area contributed by atoms with Crippen molar-refractivity contribution in [2.24, 2.45) is 0 Å². The van der Waals surface area contributed by atoms with Crippen molar-refractivity contribution in [2.45, 2.75) is 13.8 Å². The second kappa shape index (κ2) is 5.48. The van der Waals surface area contributed by atoms with Gasteiger partial charge in [0.25, 0.3) is 5.91 Å². The van der Waals surface area contributed by atoms with Crippen LogP contribution in [0, 0.1) is 17.4 Å². The number of nitrogens with zero attached hydrogens (tertiary/aromatic N) is 2. The van der Waals surface area contributed by atoms with Gasteiger partial charge in [0.1, 0.15) is 11.3 Å². The molecule has 3 rings (SSSR count). The fourth-order valence-electron chi connectivity index (χ4n) is 2.21. The zero-order chi connectivity index (χ0) is 15.0. The number of halogens is 1. The maximum Gasteiger partial charge on any atom is 0.275 e. The molecule has 0 saturated heterocycles. The highest BCUT2D eigenvalue weighted by Gasteiger charge is 2.12. The SMILES string of the molecule is Cc1cc(I)ccc1NC(=O)c1cn2c(C)cccc2n1. The van der Waals surface area contributed by atoms with E-state index in [1.165, 1.54) is 0 Å². The van der Waals surface area contributed by atoms with Gasteiger partial charge >= 0.3 is 0 Å². The largest absolute Gasteiger partial charge is 0.320 e. The van der Waals surface area contributed by atoms with Gasteiger partial charge in [-0.15, -0.1) is 0 Å². The molecule has 5 heteroatoms. The molecule has 0 aliphatic rings. The van der Waals surface area contributed by atoms with Crippen LogP contribution in [0.15, 0.2) is 42.6 Å². The number of amides is 1. The first-order valence-corrected chi connectivity index (χ1v) is 7.65. The minimum absolute atomic E-state index is 0.192.